The molecule has 1 N–H and O–H groups in total. The van der Waals surface area contributed by atoms with Crippen LogP contribution in [0.2, 0.25) is 0 Å². The van der Waals surface area contributed by atoms with Crippen molar-refractivity contribution in [3.63, 3.8) is 0 Å². The van der Waals surface area contributed by atoms with E-state index in [2.05, 4.69) is 29.6 Å². The van der Waals surface area contributed by atoms with E-state index in [1.165, 1.54) is 24.0 Å². The smallest absolute Gasteiger partial charge is 0.150 e. The second-order valence-electron chi connectivity index (χ2n) is 5.82. The van der Waals surface area contributed by atoms with Crippen LogP contribution in [0.25, 0.3) is 0 Å². The number of fused-ring (bicyclic) bond motifs is 1. The fraction of sp³-hybridized carbons (Fsp3) is 0.600. The number of hydrogen-bond acceptors (Lipinski definition) is 3. The summed E-state index contributed by atoms with van der Waals surface area (Å²) < 4.78 is 22.9. The quantitative estimate of drug-likeness (QED) is 0.921. The van der Waals surface area contributed by atoms with Crippen LogP contribution >= 0.6 is 0 Å². The molecule has 1 heterocycles. The predicted molar refractivity (Wildman–Crippen MR) is 76.9 cm³/mol. The maximum absolute atomic E-state index is 11.5. The highest BCUT2D eigenvalue weighted by Crippen LogP contribution is 2.30. The van der Waals surface area contributed by atoms with Crippen LogP contribution in [-0.4, -0.2) is 26.5 Å². The first-order chi connectivity index (χ1) is 9.14. The number of benzene rings is 1. The zero-order chi connectivity index (χ0) is 13.3. The van der Waals surface area contributed by atoms with E-state index in [9.17, 15) is 8.42 Å². The van der Waals surface area contributed by atoms with Gasteiger partial charge in [-0.3, -0.25) is 0 Å². The molecule has 1 aliphatic heterocycles. The minimum absolute atomic E-state index is 0.305. The van der Waals surface area contributed by atoms with Gasteiger partial charge in [0.1, 0.15) is 0 Å². The summed E-state index contributed by atoms with van der Waals surface area (Å²) >= 11 is 0. The number of hydrogen-bond donors (Lipinski definition) is 1. The molecule has 0 amide bonds. The minimum atomic E-state index is -2.75. The van der Waals surface area contributed by atoms with Gasteiger partial charge in [-0.25, -0.2) is 8.42 Å². The summed E-state index contributed by atoms with van der Waals surface area (Å²) in [5, 5.41) is 3.59. The van der Waals surface area contributed by atoms with Gasteiger partial charge < -0.3 is 5.32 Å². The second kappa shape index (κ2) is 5.25. The monoisotopic (exact) mass is 279 g/mol. The van der Waals surface area contributed by atoms with Crippen LogP contribution < -0.4 is 5.32 Å². The Morgan fingerprint density at radius 3 is 2.84 bits per heavy atom. The SMILES string of the molecule is O=S1(=O)CCC(CNC2CCCc3ccccc32)C1. The summed E-state index contributed by atoms with van der Waals surface area (Å²) in [6, 6.07) is 9.03. The molecule has 3 nitrogen and oxygen atoms in total. The first-order valence-electron chi connectivity index (χ1n) is 7.16. The molecule has 0 aromatic heterocycles. The molecule has 1 saturated heterocycles. The molecule has 1 aromatic rings. The van der Waals surface area contributed by atoms with Crippen molar-refractivity contribution in [2.45, 2.75) is 31.7 Å². The van der Waals surface area contributed by atoms with Gasteiger partial charge in [-0.15, -0.1) is 0 Å². The second-order valence-corrected chi connectivity index (χ2v) is 8.05. The Kier molecular flexibility index (Phi) is 3.63. The molecule has 104 valence electrons. The van der Waals surface area contributed by atoms with Gasteiger partial charge in [0.2, 0.25) is 0 Å². The number of sulfone groups is 1. The van der Waals surface area contributed by atoms with Gasteiger partial charge >= 0.3 is 0 Å². The average molecular weight is 279 g/mol. The summed E-state index contributed by atoms with van der Waals surface area (Å²) in [5.41, 5.74) is 2.86. The van der Waals surface area contributed by atoms with Crippen LogP contribution in [0.5, 0.6) is 0 Å². The third kappa shape index (κ3) is 3.00. The van der Waals surface area contributed by atoms with Crippen molar-refractivity contribution < 1.29 is 8.42 Å². The highest BCUT2D eigenvalue weighted by atomic mass is 32.2. The zero-order valence-electron chi connectivity index (χ0n) is 11.1. The van der Waals surface area contributed by atoms with Gasteiger partial charge in [0.25, 0.3) is 0 Å². The molecule has 2 unspecified atom stereocenters. The predicted octanol–water partition coefficient (Wildman–Crippen LogP) is 2.09. The Morgan fingerprint density at radius 1 is 1.21 bits per heavy atom. The van der Waals surface area contributed by atoms with Crippen molar-refractivity contribution >= 4 is 9.84 Å². The summed E-state index contributed by atoms with van der Waals surface area (Å²) in [7, 11) is -2.75. The molecule has 1 aromatic carbocycles. The third-order valence-electron chi connectivity index (χ3n) is 4.35. The third-order valence-corrected chi connectivity index (χ3v) is 6.19. The Labute approximate surface area is 115 Å². The maximum Gasteiger partial charge on any atom is 0.150 e. The van der Waals surface area contributed by atoms with E-state index in [1.54, 1.807) is 0 Å². The fourth-order valence-corrected chi connectivity index (χ4v) is 5.17. The van der Waals surface area contributed by atoms with Crippen LogP contribution in [0.3, 0.4) is 0 Å². The van der Waals surface area contributed by atoms with E-state index in [4.69, 9.17) is 0 Å². The van der Waals surface area contributed by atoms with E-state index in [0.717, 1.165) is 19.4 Å². The van der Waals surface area contributed by atoms with Gasteiger partial charge in [-0.2, -0.15) is 0 Å². The first-order valence-corrected chi connectivity index (χ1v) is 8.98. The molecule has 19 heavy (non-hydrogen) atoms. The lowest BCUT2D eigenvalue weighted by Gasteiger charge is -2.27. The van der Waals surface area contributed by atoms with E-state index in [1.807, 2.05) is 0 Å². The molecule has 0 saturated carbocycles. The van der Waals surface area contributed by atoms with Crippen LogP contribution in [-0.2, 0) is 16.3 Å². The van der Waals surface area contributed by atoms with Crippen molar-refractivity contribution in [3.05, 3.63) is 35.4 Å². The van der Waals surface area contributed by atoms with Gasteiger partial charge in [0.05, 0.1) is 11.5 Å². The molecule has 2 atom stereocenters. The van der Waals surface area contributed by atoms with Crippen molar-refractivity contribution in [1.29, 1.82) is 0 Å². The highest BCUT2D eigenvalue weighted by molar-refractivity contribution is 7.91. The molecule has 0 radical (unpaired) electrons. The topological polar surface area (TPSA) is 46.2 Å². The van der Waals surface area contributed by atoms with Gasteiger partial charge in [-0.05, 0) is 49.3 Å². The molecule has 1 fully saturated rings. The summed E-state index contributed by atoms with van der Waals surface area (Å²) in [4.78, 5) is 0. The number of aryl methyl sites for hydroxylation is 1. The normalized spacial score (nSPS) is 29.1. The van der Waals surface area contributed by atoms with Crippen molar-refractivity contribution in [1.82, 2.24) is 5.32 Å². The molecule has 1 aliphatic carbocycles. The highest BCUT2D eigenvalue weighted by Gasteiger charge is 2.28. The maximum atomic E-state index is 11.5. The molecule has 3 rings (SSSR count). The van der Waals surface area contributed by atoms with Crippen LogP contribution in [0.4, 0.5) is 0 Å². The first kappa shape index (κ1) is 13.1. The average Bonchev–Trinajstić information content (AvgIpc) is 2.76. The van der Waals surface area contributed by atoms with Crippen LogP contribution in [0.15, 0.2) is 24.3 Å². The zero-order valence-corrected chi connectivity index (χ0v) is 12.0. The molecular weight excluding hydrogens is 258 g/mol. The van der Waals surface area contributed by atoms with Gasteiger partial charge in [0, 0.05) is 6.04 Å². The Hall–Kier alpha value is -0.870. The lowest BCUT2D eigenvalue weighted by Crippen LogP contribution is -2.30. The van der Waals surface area contributed by atoms with Crippen LogP contribution in [0, 0.1) is 5.92 Å². The number of nitrogens with one attached hydrogen (secondary N) is 1. The van der Waals surface area contributed by atoms with E-state index >= 15 is 0 Å². The van der Waals surface area contributed by atoms with Crippen molar-refractivity contribution in [2.75, 3.05) is 18.1 Å². The summed E-state index contributed by atoms with van der Waals surface area (Å²) in [6.45, 7) is 0.832. The summed E-state index contributed by atoms with van der Waals surface area (Å²) in [6.07, 6.45) is 4.38. The molecular formula is C15H21NO2S. The van der Waals surface area contributed by atoms with Crippen molar-refractivity contribution in [2.24, 2.45) is 5.92 Å². The standard InChI is InChI=1S/C15H21NO2S/c17-19(18)9-8-12(11-19)10-16-15-7-3-5-13-4-1-2-6-14(13)15/h1-2,4,6,12,15-16H,3,5,7-11H2. The molecule has 4 heteroatoms. The Bertz CT molecular complexity index is 553. The minimum Gasteiger partial charge on any atom is -0.310 e. The fourth-order valence-electron chi connectivity index (χ4n) is 3.31. The Balaban J connectivity index is 1.63. The molecule has 0 bridgehead atoms. The lowest BCUT2D eigenvalue weighted by atomic mass is 9.87. The van der Waals surface area contributed by atoms with Gasteiger partial charge in [-0.1, -0.05) is 24.3 Å². The molecule has 2 aliphatic rings. The summed E-state index contributed by atoms with van der Waals surface area (Å²) in [5.74, 6) is 1.05. The molecule has 0 spiro atoms. The number of rotatable bonds is 3. The Morgan fingerprint density at radius 2 is 2.05 bits per heavy atom. The van der Waals surface area contributed by atoms with Gasteiger partial charge in [0.15, 0.2) is 9.84 Å². The lowest BCUT2D eigenvalue weighted by molar-refractivity contribution is 0.417. The van der Waals surface area contributed by atoms with E-state index in [0.29, 0.717) is 23.5 Å². The van der Waals surface area contributed by atoms with E-state index in [-0.39, 0.29) is 0 Å². The van der Waals surface area contributed by atoms with E-state index < -0.39 is 9.84 Å². The largest absolute Gasteiger partial charge is 0.310 e. The van der Waals surface area contributed by atoms with Crippen molar-refractivity contribution in [3.8, 4) is 0 Å². The van der Waals surface area contributed by atoms with Crippen LogP contribution in [0.1, 0.15) is 36.4 Å².